The molecule has 5 heteroatoms. The highest BCUT2D eigenvalue weighted by Crippen LogP contribution is 2.28. The lowest BCUT2D eigenvalue weighted by molar-refractivity contribution is -0.555. The third-order valence-electron chi connectivity index (χ3n) is 3.54. The first kappa shape index (κ1) is 14.3. The summed E-state index contributed by atoms with van der Waals surface area (Å²) in [6.45, 7) is 0. The molecule has 1 aliphatic heterocycles. The Bertz CT molecular complexity index is 776. The second kappa shape index (κ2) is 6.01. The van der Waals surface area contributed by atoms with Gasteiger partial charge in [-0.25, -0.2) is 4.39 Å². The summed E-state index contributed by atoms with van der Waals surface area (Å²) in [6.07, 6.45) is 3.68. The predicted octanol–water partition coefficient (Wildman–Crippen LogP) is 1.30. The average Bonchev–Trinajstić information content (AvgIpc) is 3.00. The molecule has 5 N–H and O–H groups in total. The fraction of sp³-hybridized carbons (Fsp3) is 0.0588. The van der Waals surface area contributed by atoms with Gasteiger partial charge in [-0.1, -0.05) is 6.07 Å². The van der Waals surface area contributed by atoms with Gasteiger partial charge in [-0.05, 0) is 35.9 Å². The van der Waals surface area contributed by atoms with Crippen LogP contribution in [0.4, 0.5) is 15.8 Å². The van der Waals surface area contributed by atoms with Crippen LogP contribution < -0.4 is 10.6 Å². The molecule has 1 heterocycles. The number of allylic oxidation sites excluding steroid dienone is 1. The standard InChI is InChI=1S/C17H15FN4/c1-20-9-14(17(19)11-2-5-13(18)6-3-11)12-4-7-15-16(8-12)22-10-21-15/h2-10,19-20H,1H3,(H,21,22)/p+2. The lowest BCUT2D eigenvalue weighted by Gasteiger charge is -2.09. The number of halogens is 1. The summed E-state index contributed by atoms with van der Waals surface area (Å²) >= 11 is 0. The highest BCUT2D eigenvalue weighted by atomic mass is 19.1. The van der Waals surface area contributed by atoms with E-state index in [9.17, 15) is 4.39 Å². The SMILES string of the molecule is C[NH2+]C=C(C(=N)c1ccc(F)cc1)c1ccc2c(c1)[NH2+]C=N2. The fourth-order valence-corrected chi connectivity index (χ4v) is 2.43. The predicted molar refractivity (Wildman–Crippen MR) is 85.2 cm³/mol. The molecule has 0 fully saturated rings. The Morgan fingerprint density at radius 1 is 1.18 bits per heavy atom. The number of quaternary nitrogens is 2. The third-order valence-corrected chi connectivity index (χ3v) is 3.54. The molecule has 22 heavy (non-hydrogen) atoms. The molecule has 1 aliphatic rings. The highest BCUT2D eigenvalue weighted by Gasteiger charge is 2.17. The van der Waals surface area contributed by atoms with Crippen molar-refractivity contribution >= 4 is 29.0 Å². The number of benzene rings is 2. The van der Waals surface area contributed by atoms with E-state index in [0.29, 0.717) is 11.3 Å². The maximum Gasteiger partial charge on any atom is 0.192 e. The van der Waals surface area contributed by atoms with E-state index in [0.717, 1.165) is 22.5 Å². The number of nitrogens with zero attached hydrogens (tertiary/aromatic N) is 1. The Labute approximate surface area is 127 Å². The van der Waals surface area contributed by atoms with E-state index in [1.807, 2.05) is 42.1 Å². The molecule has 0 bridgehead atoms. The first-order chi connectivity index (χ1) is 10.7. The zero-order chi connectivity index (χ0) is 15.5. The minimum Gasteiger partial charge on any atom is -0.322 e. The molecule has 0 unspecified atom stereocenters. The van der Waals surface area contributed by atoms with Crippen molar-refractivity contribution in [1.82, 2.24) is 0 Å². The second-order valence-electron chi connectivity index (χ2n) is 5.01. The summed E-state index contributed by atoms with van der Waals surface area (Å²) in [4.78, 5) is 4.26. The van der Waals surface area contributed by atoms with Gasteiger partial charge in [0.2, 0.25) is 0 Å². The molecular formula is C17H17FN4+2. The van der Waals surface area contributed by atoms with Crippen molar-refractivity contribution in [3.05, 3.63) is 65.6 Å². The van der Waals surface area contributed by atoms with Crippen LogP contribution in [0.5, 0.6) is 0 Å². The smallest absolute Gasteiger partial charge is 0.192 e. The van der Waals surface area contributed by atoms with Gasteiger partial charge in [-0.3, -0.25) is 10.7 Å². The molecule has 4 nitrogen and oxygen atoms in total. The number of nitrogens with two attached hydrogens (primary N) is 2. The Kier molecular flexibility index (Phi) is 3.91. The topological polar surface area (TPSA) is 69.4 Å². The number of hydrogen-bond acceptors (Lipinski definition) is 2. The molecule has 0 aliphatic carbocycles. The molecule has 0 atom stereocenters. The summed E-state index contributed by atoms with van der Waals surface area (Å²) in [6, 6.07) is 11.9. The number of hydrogen-bond donors (Lipinski definition) is 3. The number of nitrogens with one attached hydrogen (secondary N) is 1. The van der Waals surface area contributed by atoms with Crippen molar-refractivity contribution < 1.29 is 15.0 Å². The van der Waals surface area contributed by atoms with Gasteiger partial charge in [0.05, 0.1) is 18.3 Å². The zero-order valence-corrected chi connectivity index (χ0v) is 12.2. The Balaban J connectivity index is 1.98. The molecule has 0 spiro atoms. The quantitative estimate of drug-likeness (QED) is 0.562. The molecule has 0 radical (unpaired) electrons. The van der Waals surface area contributed by atoms with Crippen molar-refractivity contribution in [1.29, 1.82) is 5.41 Å². The van der Waals surface area contributed by atoms with Crippen LogP contribution >= 0.6 is 0 Å². The van der Waals surface area contributed by atoms with Crippen LogP contribution in [-0.4, -0.2) is 19.1 Å². The van der Waals surface area contributed by atoms with Crippen LogP contribution in [0.15, 0.2) is 53.7 Å². The molecule has 0 aromatic heterocycles. The monoisotopic (exact) mass is 296 g/mol. The van der Waals surface area contributed by atoms with Crippen LogP contribution in [0.2, 0.25) is 0 Å². The lowest BCUT2D eigenvalue weighted by atomic mass is 9.96. The number of fused-ring (bicyclic) bond motifs is 1. The molecule has 0 amide bonds. The van der Waals surface area contributed by atoms with Gasteiger partial charge in [0, 0.05) is 11.6 Å². The van der Waals surface area contributed by atoms with Crippen molar-refractivity contribution in [2.45, 2.75) is 0 Å². The first-order valence-electron chi connectivity index (χ1n) is 7.05. The first-order valence-corrected chi connectivity index (χ1v) is 7.05. The maximum absolute atomic E-state index is 13.1. The summed E-state index contributed by atoms with van der Waals surface area (Å²) < 4.78 is 13.1. The maximum atomic E-state index is 13.1. The Hall–Kier alpha value is -2.63. The van der Waals surface area contributed by atoms with Gasteiger partial charge in [0.25, 0.3) is 0 Å². The molecule has 2 aromatic rings. The van der Waals surface area contributed by atoms with E-state index in [4.69, 9.17) is 5.41 Å². The highest BCUT2D eigenvalue weighted by molar-refractivity contribution is 6.30. The van der Waals surface area contributed by atoms with E-state index in [-0.39, 0.29) is 5.82 Å². The summed E-state index contributed by atoms with van der Waals surface area (Å²) in [5.41, 5.74) is 4.81. The second-order valence-corrected chi connectivity index (χ2v) is 5.01. The molecule has 110 valence electrons. The van der Waals surface area contributed by atoms with Crippen molar-refractivity contribution in [2.24, 2.45) is 4.99 Å². The van der Waals surface area contributed by atoms with E-state index in [2.05, 4.69) is 4.99 Å². The average molecular weight is 296 g/mol. The van der Waals surface area contributed by atoms with Crippen LogP contribution in [0.25, 0.3) is 5.57 Å². The van der Waals surface area contributed by atoms with Crippen LogP contribution in [0.3, 0.4) is 0 Å². The van der Waals surface area contributed by atoms with Gasteiger partial charge < -0.3 is 5.32 Å². The van der Waals surface area contributed by atoms with E-state index in [1.165, 1.54) is 12.1 Å². The van der Waals surface area contributed by atoms with Crippen molar-refractivity contribution in [3.8, 4) is 0 Å². The molecule has 0 saturated carbocycles. The number of aliphatic imine (C=N–C) groups is 1. The normalized spacial score (nSPS) is 13.3. The van der Waals surface area contributed by atoms with Crippen LogP contribution in [-0.2, 0) is 0 Å². The molecule has 2 aromatic carbocycles. The fourth-order valence-electron chi connectivity index (χ4n) is 2.43. The van der Waals surface area contributed by atoms with Crippen molar-refractivity contribution in [3.63, 3.8) is 0 Å². The van der Waals surface area contributed by atoms with Gasteiger partial charge in [0.15, 0.2) is 12.0 Å². The molecule has 0 saturated heterocycles. The molecule has 3 rings (SSSR count). The summed E-state index contributed by atoms with van der Waals surface area (Å²) in [7, 11) is 1.92. The van der Waals surface area contributed by atoms with Gasteiger partial charge in [0.1, 0.15) is 17.7 Å². The minimum absolute atomic E-state index is 0.298. The minimum atomic E-state index is -0.298. The van der Waals surface area contributed by atoms with E-state index < -0.39 is 0 Å². The Morgan fingerprint density at radius 2 is 1.91 bits per heavy atom. The van der Waals surface area contributed by atoms with Crippen molar-refractivity contribution in [2.75, 3.05) is 7.05 Å². The van der Waals surface area contributed by atoms with E-state index in [1.54, 1.807) is 18.5 Å². The Morgan fingerprint density at radius 3 is 2.64 bits per heavy atom. The summed E-state index contributed by atoms with van der Waals surface area (Å²) in [5.74, 6) is -0.298. The van der Waals surface area contributed by atoms with Crippen LogP contribution in [0, 0.1) is 11.2 Å². The number of rotatable bonds is 4. The lowest BCUT2D eigenvalue weighted by Crippen LogP contribution is -2.74. The van der Waals surface area contributed by atoms with Gasteiger partial charge >= 0.3 is 0 Å². The zero-order valence-electron chi connectivity index (χ0n) is 12.2. The summed E-state index contributed by atoms with van der Waals surface area (Å²) in [5, 5.41) is 12.3. The largest absolute Gasteiger partial charge is 0.322 e. The van der Waals surface area contributed by atoms with Gasteiger partial charge in [-0.2, -0.15) is 4.99 Å². The molecular weight excluding hydrogens is 279 g/mol. The van der Waals surface area contributed by atoms with E-state index >= 15 is 0 Å². The third kappa shape index (κ3) is 2.72. The van der Waals surface area contributed by atoms with Crippen LogP contribution in [0.1, 0.15) is 11.1 Å². The van der Waals surface area contributed by atoms with Gasteiger partial charge in [-0.15, -0.1) is 0 Å².